The number of ketones is 1. The van der Waals surface area contributed by atoms with E-state index in [-0.39, 0.29) is 17.1 Å². The van der Waals surface area contributed by atoms with Crippen molar-refractivity contribution in [3.63, 3.8) is 0 Å². The van der Waals surface area contributed by atoms with Crippen molar-refractivity contribution in [1.29, 1.82) is 0 Å². The lowest BCUT2D eigenvalue weighted by atomic mass is 9.97. The second-order valence-corrected chi connectivity index (χ2v) is 4.90. The summed E-state index contributed by atoms with van der Waals surface area (Å²) in [4.78, 5) is 15.7. The molecule has 94 valence electrons. The molecule has 0 bridgehead atoms. The van der Waals surface area contributed by atoms with Crippen molar-refractivity contribution in [3.8, 4) is 0 Å². The summed E-state index contributed by atoms with van der Waals surface area (Å²) in [6.07, 6.45) is 3.02. The maximum Gasteiger partial charge on any atom is 0.167 e. The molecule has 3 nitrogen and oxygen atoms in total. The van der Waals surface area contributed by atoms with E-state index >= 15 is 0 Å². The molecule has 18 heavy (non-hydrogen) atoms. The number of Topliss-reactive ketones (excluding diaryl/α,β-unsaturated/α-hetero) is 1. The summed E-state index contributed by atoms with van der Waals surface area (Å²) in [6, 6.07) is 4.87. The summed E-state index contributed by atoms with van der Waals surface area (Å²) < 4.78 is 0. The Morgan fingerprint density at radius 3 is 2.44 bits per heavy atom. The molecule has 0 unspecified atom stereocenters. The van der Waals surface area contributed by atoms with Crippen LogP contribution in [0.25, 0.3) is 0 Å². The van der Waals surface area contributed by atoms with Crippen molar-refractivity contribution in [1.82, 2.24) is 0 Å². The van der Waals surface area contributed by atoms with E-state index in [0.29, 0.717) is 35.0 Å². The number of halogens is 2. The average molecular weight is 284 g/mol. The monoisotopic (exact) mass is 283 g/mol. The Bertz CT molecular complexity index is 530. The number of aliphatic imine (C=N–C) groups is 1. The minimum atomic E-state index is -0.0874. The molecule has 0 spiro atoms. The largest absolute Gasteiger partial charge is 0.512 e. The van der Waals surface area contributed by atoms with E-state index in [2.05, 4.69) is 4.99 Å². The fourth-order valence-corrected chi connectivity index (χ4v) is 2.26. The first-order valence-electron chi connectivity index (χ1n) is 5.52. The van der Waals surface area contributed by atoms with Crippen molar-refractivity contribution < 1.29 is 9.90 Å². The predicted octanol–water partition coefficient (Wildman–Crippen LogP) is 4.26. The molecular formula is C13H11Cl2NO2. The quantitative estimate of drug-likeness (QED) is 0.825. The van der Waals surface area contributed by atoms with Crippen LogP contribution in [0.15, 0.2) is 34.5 Å². The Labute approximate surface area is 115 Å². The zero-order chi connectivity index (χ0) is 13.1. The van der Waals surface area contributed by atoms with Gasteiger partial charge in [-0.05, 0) is 24.6 Å². The molecule has 0 aliphatic heterocycles. The molecule has 0 aromatic heterocycles. The number of nitrogens with zero attached hydrogens (tertiary/aromatic N) is 1. The lowest BCUT2D eigenvalue weighted by molar-refractivity contribution is -0.115. The summed E-state index contributed by atoms with van der Waals surface area (Å²) in [5.74, 6) is 0.0127. The lowest BCUT2D eigenvalue weighted by Gasteiger charge is -2.11. The summed E-state index contributed by atoms with van der Waals surface area (Å²) in [5.41, 5.74) is 0.823. The smallest absolute Gasteiger partial charge is 0.167 e. The summed E-state index contributed by atoms with van der Waals surface area (Å²) in [6.45, 7) is 0. The number of carbonyl (C=O) groups is 1. The van der Waals surface area contributed by atoms with E-state index in [4.69, 9.17) is 23.2 Å². The second kappa shape index (κ2) is 5.55. The zero-order valence-electron chi connectivity index (χ0n) is 9.49. The van der Waals surface area contributed by atoms with Crippen molar-refractivity contribution in [2.24, 2.45) is 4.99 Å². The first-order valence-corrected chi connectivity index (χ1v) is 6.27. The van der Waals surface area contributed by atoms with E-state index in [9.17, 15) is 9.90 Å². The van der Waals surface area contributed by atoms with E-state index in [1.54, 1.807) is 18.2 Å². The highest BCUT2D eigenvalue weighted by atomic mass is 35.5. The number of hydrogen-bond acceptors (Lipinski definition) is 3. The molecule has 0 radical (unpaired) electrons. The molecule has 0 saturated heterocycles. The van der Waals surface area contributed by atoms with Crippen LogP contribution in [0.5, 0.6) is 0 Å². The first-order chi connectivity index (χ1) is 8.56. The van der Waals surface area contributed by atoms with Gasteiger partial charge in [0.25, 0.3) is 0 Å². The van der Waals surface area contributed by atoms with Gasteiger partial charge in [0.1, 0.15) is 5.76 Å². The summed E-state index contributed by atoms with van der Waals surface area (Å²) in [7, 11) is 0. The van der Waals surface area contributed by atoms with Crippen molar-refractivity contribution in [2.45, 2.75) is 19.3 Å². The topological polar surface area (TPSA) is 49.7 Å². The highest BCUT2D eigenvalue weighted by molar-refractivity contribution is 6.35. The van der Waals surface area contributed by atoms with Gasteiger partial charge in [0, 0.05) is 29.1 Å². The number of aliphatic hydroxyl groups is 1. The molecule has 0 saturated carbocycles. The number of rotatable bonds is 2. The van der Waals surface area contributed by atoms with Crippen LogP contribution < -0.4 is 0 Å². The highest BCUT2D eigenvalue weighted by Gasteiger charge is 2.18. The van der Waals surface area contributed by atoms with Crippen LogP contribution in [0.4, 0.5) is 5.69 Å². The van der Waals surface area contributed by atoms with Crippen LogP contribution in [-0.4, -0.2) is 17.1 Å². The fourth-order valence-electron chi connectivity index (χ4n) is 1.75. The molecular weight excluding hydrogens is 273 g/mol. The minimum absolute atomic E-state index is 0.0874. The van der Waals surface area contributed by atoms with E-state index in [1.807, 2.05) is 0 Å². The van der Waals surface area contributed by atoms with Crippen LogP contribution >= 0.6 is 23.2 Å². The maximum atomic E-state index is 11.6. The summed E-state index contributed by atoms with van der Waals surface area (Å²) >= 11 is 11.7. The molecule has 1 N–H and O–H groups in total. The third-order valence-electron chi connectivity index (χ3n) is 2.62. The molecule has 1 aliphatic rings. The number of carbonyl (C=O) groups excluding carboxylic acids is 1. The minimum Gasteiger partial charge on any atom is -0.512 e. The Hall–Kier alpha value is -1.32. The number of hydrogen-bond donors (Lipinski definition) is 1. The molecule has 0 heterocycles. The van der Waals surface area contributed by atoms with Crippen molar-refractivity contribution in [3.05, 3.63) is 39.6 Å². The Balaban J connectivity index is 2.27. The van der Waals surface area contributed by atoms with Gasteiger partial charge in [-0.15, -0.1) is 0 Å². The van der Waals surface area contributed by atoms with Crippen LogP contribution in [0.1, 0.15) is 19.3 Å². The lowest BCUT2D eigenvalue weighted by Crippen LogP contribution is -2.12. The average Bonchev–Trinajstić information content (AvgIpc) is 2.27. The third-order valence-corrected chi connectivity index (χ3v) is 3.06. The molecule has 2 rings (SSSR count). The predicted molar refractivity (Wildman–Crippen MR) is 73.1 cm³/mol. The van der Waals surface area contributed by atoms with E-state index < -0.39 is 0 Å². The zero-order valence-corrected chi connectivity index (χ0v) is 11.0. The molecule has 1 aromatic carbocycles. The van der Waals surface area contributed by atoms with Crippen LogP contribution in [0.2, 0.25) is 10.0 Å². The normalized spacial score (nSPS) is 16.7. The van der Waals surface area contributed by atoms with Gasteiger partial charge < -0.3 is 5.11 Å². The fraction of sp³-hybridized carbons (Fsp3) is 0.231. The van der Waals surface area contributed by atoms with Crippen molar-refractivity contribution >= 4 is 40.9 Å². The van der Waals surface area contributed by atoms with Crippen LogP contribution in [-0.2, 0) is 4.79 Å². The van der Waals surface area contributed by atoms with Gasteiger partial charge >= 0.3 is 0 Å². The van der Waals surface area contributed by atoms with Gasteiger partial charge in [-0.2, -0.15) is 0 Å². The number of aliphatic hydroxyl groups excluding tert-OH is 1. The van der Waals surface area contributed by atoms with Gasteiger partial charge in [0.2, 0.25) is 0 Å². The highest BCUT2D eigenvalue weighted by Crippen LogP contribution is 2.25. The van der Waals surface area contributed by atoms with E-state index in [1.165, 1.54) is 6.21 Å². The molecule has 1 aliphatic carbocycles. The number of benzene rings is 1. The Kier molecular flexibility index (Phi) is 4.04. The second-order valence-electron chi connectivity index (χ2n) is 4.02. The van der Waals surface area contributed by atoms with Gasteiger partial charge in [-0.1, -0.05) is 23.2 Å². The van der Waals surface area contributed by atoms with Crippen LogP contribution in [0.3, 0.4) is 0 Å². The molecule has 5 heteroatoms. The molecule has 1 aromatic rings. The van der Waals surface area contributed by atoms with Crippen LogP contribution in [0, 0.1) is 0 Å². The first kappa shape index (κ1) is 13.1. The van der Waals surface area contributed by atoms with E-state index in [0.717, 1.165) is 0 Å². The third kappa shape index (κ3) is 3.12. The number of allylic oxidation sites excluding steroid dienone is 2. The van der Waals surface area contributed by atoms with Crippen molar-refractivity contribution in [2.75, 3.05) is 0 Å². The standard InChI is InChI=1S/C13H11Cl2NO2/c14-8-4-9(15)6-10(5-8)16-7-11-12(17)2-1-3-13(11)18/h4-7,17H,1-3H2. The van der Waals surface area contributed by atoms with Gasteiger partial charge in [0.05, 0.1) is 11.3 Å². The maximum absolute atomic E-state index is 11.6. The Morgan fingerprint density at radius 2 is 1.83 bits per heavy atom. The van der Waals surface area contributed by atoms with Gasteiger partial charge in [-0.25, -0.2) is 0 Å². The SMILES string of the molecule is O=C1CCCC(O)=C1C=Nc1cc(Cl)cc(Cl)c1. The van der Waals surface area contributed by atoms with Gasteiger partial charge in [0.15, 0.2) is 5.78 Å². The summed E-state index contributed by atoms with van der Waals surface area (Å²) in [5, 5.41) is 10.6. The molecule has 0 atom stereocenters. The molecule has 0 amide bonds. The molecule has 0 fully saturated rings. The van der Waals surface area contributed by atoms with Gasteiger partial charge in [-0.3, -0.25) is 9.79 Å². The Morgan fingerprint density at radius 1 is 1.17 bits per heavy atom.